The van der Waals surface area contributed by atoms with Gasteiger partial charge in [0.1, 0.15) is 0 Å². The molecule has 9 heteroatoms. The first-order chi connectivity index (χ1) is 16.0. The van der Waals surface area contributed by atoms with E-state index in [2.05, 4.69) is 55.3 Å². The molecule has 3 aromatic carbocycles. The van der Waals surface area contributed by atoms with Crippen LogP contribution in [0.2, 0.25) is 0 Å². The average molecular weight is 473 g/mol. The number of aryl methyl sites for hydroxylation is 1. The molecule has 0 fully saturated rings. The maximum absolute atomic E-state index is 10.1. The second kappa shape index (κ2) is 9.05. The van der Waals surface area contributed by atoms with Gasteiger partial charge >= 0.3 is 0 Å². The SMILES string of the molecule is CC(=NNc1nc(O)c(N=Nc2ccc(C)cc2)s1)c1ccc2c(c1)Nc1ccccc1S2. The quantitative estimate of drug-likeness (QED) is 0.139. The second-order valence-electron chi connectivity index (χ2n) is 7.43. The van der Waals surface area contributed by atoms with E-state index in [-0.39, 0.29) is 5.88 Å². The van der Waals surface area contributed by atoms with Gasteiger partial charge in [-0.3, -0.25) is 5.43 Å². The minimum atomic E-state index is -0.181. The fourth-order valence-electron chi connectivity index (χ4n) is 3.19. The molecule has 1 aliphatic heterocycles. The Morgan fingerprint density at radius 3 is 2.61 bits per heavy atom. The zero-order valence-corrected chi connectivity index (χ0v) is 19.5. The van der Waals surface area contributed by atoms with Crippen LogP contribution in [0.1, 0.15) is 18.1 Å². The van der Waals surface area contributed by atoms with Crippen LogP contribution in [0.5, 0.6) is 5.88 Å². The van der Waals surface area contributed by atoms with Gasteiger partial charge in [0.05, 0.1) is 22.8 Å². The molecule has 0 saturated carbocycles. The number of hydrazone groups is 1. The lowest BCUT2D eigenvalue weighted by molar-refractivity contribution is 0.459. The van der Waals surface area contributed by atoms with Crippen LogP contribution < -0.4 is 10.7 Å². The van der Waals surface area contributed by atoms with Crippen molar-refractivity contribution >= 4 is 56.0 Å². The van der Waals surface area contributed by atoms with Crippen LogP contribution in [0.3, 0.4) is 0 Å². The zero-order chi connectivity index (χ0) is 22.8. The van der Waals surface area contributed by atoms with Gasteiger partial charge in [-0.05, 0) is 55.8 Å². The summed E-state index contributed by atoms with van der Waals surface area (Å²) in [4.78, 5) is 6.47. The third-order valence-electron chi connectivity index (χ3n) is 4.98. The number of aromatic nitrogens is 1. The number of anilines is 3. The molecule has 0 radical (unpaired) electrons. The Morgan fingerprint density at radius 1 is 0.970 bits per heavy atom. The predicted molar refractivity (Wildman–Crippen MR) is 135 cm³/mol. The lowest BCUT2D eigenvalue weighted by atomic mass is 10.1. The number of para-hydroxylation sites is 1. The molecule has 3 N–H and O–H groups in total. The summed E-state index contributed by atoms with van der Waals surface area (Å²) in [5.41, 5.74) is 8.69. The molecule has 1 aliphatic rings. The van der Waals surface area contributed by atoms with Gasteiger partial charge in [-0.25, -0.2) is 0 Å². The minimum absolute atomic E-state index is 0.181. The molecule has 0 atom stereocenters. The molecule has 0 amide bonds. The van der Waals surface area contributed by atoms with Crippen LogP contribution in [-0.2, 0) is 0 Å². The molecule has 4 aromatic rings. The highest BCUT2D eigenvalue weighted by molar-refractivity contribution is 7.99. The summed E-state index contributed by atoms with van der Waals surface area (Å²) in [6, 6.07) is 22.1. The number of thiazole rings is 1. The van der Waals surface area contributed by atoms with Crippen molar-refractivity contribution in [3.8, 4) is 5.88 Å². The van der Waals surface area contributed by atoms with E-state index >= 15 is 0 Å². The summed E-state index contributed by atoms with van der Waals surface area (Å²) in [7, 11) is 0. The number of azo groups is 1. The van der Waals surface area contributed by atoms with E-state index in [0.717, 1.165) is 28.2 Å². The van der Waals surface area contributed by atoms with E-state index in [1.165, 1.54) is 21.1 Å². The zero-order valence-electron chi connectivity index (χ0n) is 17.9. The number of nitrogens with one attached hydrogen (secondary N) is 2. The fraction of sp³-hybridized carbons (Fsp3) is 0.0833. The van der Waals surface area contributed by atoms with E-state index in [1.54, 1.807) is 11.8 Å². The Kier molecular flexibility index (Phi) is 5.80. The third-order valence-corrected chi connectivity index (χ3v) is 6.96. The maximum Gasteiger partial charge on any atom is 0.253 e. The van der Waals surface area contributed by atoms with Crippen molar-refractivity contribution in [1.82, 2.24) is 4.98 Å². The summed E-state index contributed by atoms with van der Waals surface area (Å²) in [5, 5.41) is 27.0. The number of aromatic hydroxyl groups is 1. The number of fused-ring (bicyclic) bond motifs is 2. The van der Waals surface area contributed by atoms with Gasteiger partial charge in [-0.15, -0.1) is 10.2 Å². The van der Waals surface area contributed by atoms with E-state index in [9.17, 15) is 5.11 Å². The van der Waals surface area contributed by atoms with Crippen LogP contribution in [0.4, 0.5) is 27.2 Å². The third kappa shape index (κ3) is 4.74. The van der Waals surface area contributed by atoms with Crippen molar-refractivity contribution in [2.24, 2.45) is 15.3 Å². The van der Waals surface area contributed by atoms with Crippen molar-refractivity contribution < 1.29 is 5.11 Å². The van der Waals surface area contributed by atoms with Gasteiger partial charge in [0.25, 0.3) is 5.88 Å². The van der Waals surface area contributed by atoms with Gasteiger partial charge in [-0.2, -0.15) is 10.1 Å². The molecule has 5 rings (SSSR count). The van der Waals surface area contributed by atoms with Crippen LogP contribution in [-0.4, -0.2) is 15.8 Å². The first kappa shape index (κ1) is 21.2. The number of benzene rings is 3. The number of hydrogen-bond donors (Lipinski definition) is 3. The van der Waals surface area contributed by atoms with Crippen molar-refractivity contribution in [3.05, 3.63) is 77.9 Å². The number of nitrogens with zero attached hydrogens (tertiary/aromatic N) is 4. The van der Waals surface area contributed by atoms with Crippen LogP contribution in [0, 0.1) is 6.92 Å². The van der Waals surface area contributed by atoms with Crippen LogP contribution in [0.25, 0.3) is 0 Å². The molecule has 0 saturated heterocycles. The molecule has 164 valence electrons. The van der Waals surface area contributed by atoms with Crippen molar-refractivity contribution in [2.45, 2.75) is 23.6 Å². The molecule has 0 unspecified atom stereocenters. The average Bonchev–Trinajstić information content (AvgIpc) is 3.19. The lowest BCUT2D eigenvalue weighted by Crippen LogP contribution is -2.04. The van der Waals surface area contributed by atoms with Gasteiger partial charge < -0.3 is 10.4 Å². The standard InChI is InChI=1S/C24H20N6OS2/c1-14-7-10-17(11-8-14)28-29-23-22(31)26-24(33-23)30-27-15(2)16-9-12-21-19(13-16)25-18-5-3-4-6-20(18)32-21/h3-13,25,31H,1-2H3,(H,26,30). The summed E-state index contributed by atoms with van der Waals surface area (Å²) in [5.74, 6) is -0.181. The van der Waals surface area contributed by atoms with E-state index in [0.29, 0.717) is 15.8 Å². The van der Waals surface area contributed by atoms with Crippen molar-refractivity contribution in [3.63, 3.8) is 0 Å². The summed E-state index contributed by atoms with van der Waals surface area (Å²) < 4.78 is 0. The highest BCUT2D eigenvalue weighted by Gasteiger charge is 2.16. The lowest BCUT2D eigenvalue weighted by Gasteiger charge is -2.21. The maximum atomic E-state index is 10.1. The van der Waals surface area contributed by atoms with Gasteiger partial charge in [0.15, 0.2) is 0 Å². The van der Waals surface area contributed by atoms with Crippen molar-refractivity contribution in [2.75, 3.05) is 10.7 Å². The first-order valence-corrected chi connectivity index (χ1v) is 11.9. The summed E-state index contributed by atoms with van der Waals surface area (Å²) >= 11 is 2.93. The highest BCUT2D eigenvalue weighted by atomic mass is 32.2. The largest absolute Gasteiger partial charge is 0.491 e. The topological polar surface area (TPSA) is 94.3 Å². The molecular weight excluding hydrogens is 452 g/mol. The van der Waals surface area contributed by atoms with E-state index in [4.69, 9.17) is 0 Å². The van der Waals surface area contributed by atoms with Crippen molar-refractivity contribution in [1.29, 1.82) is 0 Å². The summed E-state index contributed by atoms with van der Waals surface area (Å²) in [6.07, 6.45) is 0. The first-order valence-electron chi connectivity index (χ1n) is 10.2. The smallest absolute Gasteiger partial charge is 0.253 e. The van der Waals surface area contributed by atoms with Crippen LogP contribution in [0.15, 0.2) is 91.9 Å². The Balaban J connectivity index is 1.29. The fourth-order valence-corrected chi connectivity index (χ4v) is 4.79. The molecule has 0 bridgehead atoms. The molecular formula is C24H20N6OS2. The Morgan fingerprint density at radius 2 is 1.76 bits per heavy atom. The normalized spacial score (nSPS) is 12.8. The molecule has 1 aromatic heterocycles. The second-order valence-corrected chi connectivity index (χ2v) is 9.49. The molecule has 33 heavy (non-hydrogen) atoms. The van der Waals surface area contributed by atoms with E-state index in [1.807, 2.05) is 56.3 Å². The Bertz CT molecular complexity index is 1380. The number of rotatable bonds is 5. The summed E-state index contributed by atoms with van der Waals surface area (Å²) in [6.45, 7) is 3.93. The van der Waals surface area contributed by atoms with Gasteiger partial charge in [0.2, 0.25) is 10.1 Å². The van der Waals surface area contributed by atoms with Gasteiger partial charge in [-0.1, -0.05) is 59.0 Å². The Hall–Kier alpha value is -3.69. The van der Waals surface area contributed by atoms with Crippen LogP contribution >= 0.6 is 23.1 Å². The molecule has 7 nitrogen and oxygen atoms in total. The number of hydrogen-bond acceptors (Lipinski definition) is 9. The highest BCUT2D eigenvalue weighted by Crippen LogP contribution is 2.44. The predicted octanol–water partition coefficient (Wildman–Crippen LogP) is 7.62. The molecule has 2 heterocycles. The van der Waals surface area contributed by atoms with E-state index < -0.39 is 0 Å². The monoisotopic (exact) mass is 472 g/mol. The minimum Gasteiger partial charge on any atom is -0.491 e. The molecule has 0 spiro atoms. The Labute approximate surface area is 199 Å². The molecule has 0 aliphatic carbocycles. The van der Waals surface area contributed by atoms with Gasteiger partial charge in [0, 0.05) is 9.79 Å².